The van der Waals surface area contributed by atoms with Gasteiger partial charge < -0.3 is 10.5 Å². The van der Waals surface area contributed by atoms with Crippen molar-refractivity contribution in [3.05, 3.63) is 28.3 Å². The lowest BCUT2D eigenvalue weighted by Crippen LogP contribution is -2.33. The van der Waals surface area contributed by atoms with Gasteiger partial charge in [0.25, 0.3) is 0 Å². The van der Waals surface area contributed by atoms with Crippen LogP contribution in [0.1, 0.15) is 39.9 Å². The van der Waals surface area contributed by atoms with Crippen LogP contribution in [-0.2, 0) is 0 Å². The number of hydrogen-bond acceptors (Lipinski definition) is 3. The first kappa shape index (κ1) is 12.1. The van der Waals surface area contributed by atoms with Crippen molar-refractivity contribution in [2.24, 2.45) is 5.73 Å². The van der Waals surface area contributed by atoms with E-state index in [9.17, 15) is 4.79 Å². The fourth-order valence-electron chi connectivity index (χ4n) is 2.20. The topological polar surface area (TPSA) is 52.3 Å². The van der Waals surface area contributed by atoms with Crippen LogP contribution in [0.2, 0.25) is 0 Å². The molecular formula is C14H19NO2. The van der Waals surface area contributed by atoms with Crippen molar-refractivity contribution in [1.82, 2.24) is 0 Å². The van der Waals surface area contributed by atoms with Crippen molar-refractivity contribution in [3.8, 4) is 5.75 Å². The monoisotopic (exact) mass is 233 g/mol. The number of ether oxygens (including phenoxy) is 1. The molecule has 1 aromatic rings. The van der Waals surface area contributed by atoms with Gasteiger partial charge >= 0.3 is 0 Å². The number of nitrogens with two attached hydrogens (primary N) is 1. The molecular weight excluding hydrogens is 214 g/mol. The molecule has 0 atom stereocenters. The number of methoxy groups -OCH3 is 1. The van der Waals surface area contributed by atoms with Gasteiger partial charge in [0, 0.05) is 0 Å². The Hall–Kier alpha value is -1.35. The zero-order chi connectivity index (χ0) is 12.8. The van der Waals surface area contributed by atoms with Crippen molar-refractivity contribution in [2.75, 3.05) is 7.11 Å². The van der Waals surface area contributed by atoms with E-state index < -0.39 is 5.54 Å². The number of carbonyl (C=O) groups excluding carboxylic acids is 1. The maximum absolute atomic E-state index is 12.4. The summed E-state index contributed by atoms with van der Waals surface area (Å²) in [5, 5.41) is 0. The quantitative estimate of drug-likeness (QED) is 0.815. The van der Waals surface area contributed by atoms with Crippen LogP contribution >= 0.6 is 0 Å². The number of rotatable bonds is 3. The summed E-state index contributed by atoms with van der Waals surface area (Å²) in [4.78, 5) is 12.4. The minimum Gasteiger partial charge on any atom is -0.496 e. The van der Waals surface area contributed by atoms with E-state index >= 15 is 0 Å². The lowest BCUT2D eigenvalue weighted by atomic mass is 9.92. The first-order valence-electron chi connectivity index (χ1n) is 5.89. The maximum atomic E-state index is 12.4. The molecule has 0 bridgehead atoms. The van der Waals surface area contributed by atoms with E-state index in [1.807, 2.05) is 26.8 Å². The average Bonchev–Trinajstić information content (AvgIpc) is 3.02. The van der Waals surface area contributed by atoms with E-state index in [-0.39, 0.29) is 5.78 Å². The molecule has 2 N–H and O–H groups in total. The molecule has 3 nitrogen and oxygen atoms in total. The Morgan fingerprint density at radius 1 is 1.29 bits per heavy atom. The van der Waals surface area contributed by atoms with Gasteiger partial charge in [0.2, 0.25) is 0 Å². The van der Waals surface area contributed by atoms with Crippen LogP contribution in [0.4, 0.5) is 0 Å². The third kappa shape index (κ3) is 1.84. The molecule has 1 saturated carbocycles. The molecule has 1 fully saturated rings. The lowest BCUT2D eigenvalue weighted by Gasteiger charge is -2.18. The molecule has 0 saturated heterocycles. The molecule has 2 rings (SSSR count). The Kier molecular flexibility index (Phi) is 2.74. The molecule has 0 heterocycles. The minimum absolute atomic E-state index is 0.0231. The molecule has 0 unspecified atom stereocenters. The molecule has 0 radical (unpaired) electrons. The van der Waals surface area contributed by atoms with Gasteiger partial charge in [0.15, 0.2) is 5.78 Å². The predicted octanol–water partition coefficient (Wildman–Crippen LogP) is 2.29. The molecule has 17 heavy (non-hydrogen) atoms. The van der Waals surface area contributed by atoms with Crippen molar-refractivity contribution in [1.29, 1.82) is 0 Å². The third-order valence-corrected chi connectivity index (χ3v) is 3.66. The highest BCUT2D eigenvalue weighted by molar-refractivity contribution is 6.08. The zero-order valence-electron chi connectivity index (χ0n) is 10.9. The van der Waals surface area contributed by atoms with Crippen LogP contribution < -0.4 is 10.5 Å². The molecule has 0 spiro atoms. The molecule has 0 aliphatic heterocycles. The summed E-state index contributed by atoms with van der Waals surface area (Å²) in [6.07, 6.45) is 1.56. The number of aryl methyl sites for hydroxylation is 2. The van der Waals surface area contributed by atoms with Crippen LogP contribution in [0.3, 0.4) is 0 Å². The van der Waals surface area contributed by atoms with Gasteiger partial charge in [-0.3, -0.25) is 4.79 Å². The molecule has 1 aliphatic carbocycles. The summed E-state index contributed by atoms with van der Waals surface area (Å²) in [6, 6.07) is 2.02. The molecule has 0 aromatic heterocycles. The van der Waals surface area contributed by atoms with E-state index in [1.165, 1.54) is 0 Å². The summed E-state index contributed by atoms with van der Waals surface area (Å²) in [7, 11) is 1.61. The van der Waals surface area contributed by atoms with Crippen molar-refractivity contribution < 1.29 is 9.53 Å². The van der Waals surface area contributed by atoms with Crippen LogP contribution in [0, 0.1) is 20.8 Å². The standard InChI is InChI=1S/C14H19NO2/c1-8-7-9(2)11(12(17-4)10(8)3)13(16)14(15)5-6-14/h7H,5-6,15H2,1-4H3. The fraction of sp³-hybridized carbons (Fsp3) is 0.500. The normalized spacial score (nSPS) is 16.8. The number of benzene rings is 1. The molecule has 1 aromatic carbocycles. The molecule has 3 heteroatoms. The van der Waals surface area contributed by atoms with Gasteiger partial charge in [-0.1, -0.05) is 6.07 Å². The second-order valence-electron chi connectivity index (χ2n) is 5.03. The summed E-state index contributed by atoms with van der Waals surface area (Å²) >= 11 is 0. The van der Waals surface area contributed by atoms with Crippen molar-refractivity contribution >= 4 is 5.78 Å². The first-order valence-corrected chi connectivity index (χ1v) is 5.89. The minimum atomic E-state index is -0.639. The molecule has 1 aliphatic rings. The smallest absolute Gasteiger partial charge is 0.186 e. The average molecular weight is 233 g/mol. The Morgan fingerprint density at radius 2 is 1.88 bits per heavy atom. The van der Waals surface area contributed by atoms with Gasteiger partial charge in [-0.2, -0.15) is 0 Å². The highest BCUT2D eigenvalue weighted by Crippen LogP contribution is 2.40. The summed E-state index contributed by atoms with van der Waals surface area (Å²) < 4.78 is 5.41. The number of carbonyl (C=O) groups is 1. The SMILES string of the molecule is COc1c(C)c(C)cc(C)c1C(=O)C1(N)CC1. The predicted molar refractivity (Wildman–Crippen MR) is 67.7 cm³/mol. The van der Waals surface area contributed by atoms with Gasteiger partial charge in [0.05, 0.1) is 18.2 Å². The van der Waals surface area contributed by atoms with Crippen LogP contribution in [-0.4, -0.2) is 18.4 Å². The van der Waals surface area contributed by atoms with Crippen molar-refractivity contribution in [3.63, 3.8) is 0 Å². The second-order valence-corrected chi connectivity index (χ2v) is 5.03. The van der Waals surface area contributed by atoms with E-state index in [0.717, 1.165) is 29.5 Å². The second kappa shape index (κ2) is 3.84. The van der Waals surface area contributed by atoms with Gasteiger partial charge in [-0.15, -0.1) is 0 Å². The Labute approximate surface area is 102 Å². The van der Waals surface area contributed by atoms with E-state index in [0.29, 0.717) is 11.3 Å². The number of hydrogen-bond donors (Lipinski definition) is 1. The van der Waals surface area contributed by atoms with E-state index in [4.69, 9.17) is 10.5 Å². The van der Waals surface area contributed by atoms with E-state index in [1.54, 1.807) is 7.11 Å². The third-order valence-electron chi connectivity index (χ3n) is 3.66. The number of Topliss-reactive ketones (excluding diaryl/α,β-unsaturated/α-hetero) is 1. The summed E-state index contributed by atoms with van der Waals surface area (Å²) in [5.74, 6) is 0.708. The lowest BCUT2D eigenvalue weighted by molar-refractivity contribution is 0.0945. The number of ketones is 1. The highest BCUT2D eigenvalue weighted by Gasteiger charge is 2.47. The zero-order valence-corrected chi connectivity index (χ0v) is 10.9. The Bertz CT molecular complexity index is 487. The van der Waals surface area contributed by atoms with Gasteiger partial charge in [0.1, 0.15) is 5.75 Å². The van der Waals surface area contributed by atoms with Crippen molar-refractivity contribution in [2.45, 2.75) is 39.2 Å². The van der Waals surface area contributed by atoms with Crippen LogP contribution in [0.25, 0.3) is 0 Å². The fourth-order valence-corrected chi connectivity index (χ4v) is 2.20. The Morgan fingerprint density at radius 3 is 2.35 bits per heavy atom. The molecule has 0 amide bonds. The maximum Gasteiger partial charge on any atom is 0.186 e. The van der Waals surface area contributed by atoms with Crippen LogP contribution in [0.15, 0.2) is 6.07 Å². The van der Waals surface area contributed by atoms with Gasteiger partial charge in [-0.25, -0.2) is 0 Å². The summed E-state index contributed by atoms with van der Waals surface area (Å²) in [5.41, 5.74) is 9.13. The van der Waals surface area contributed by atoms with E-state index in [2.05, 4.69) is 0 Å². The Balaban J connectivity index is 2.60. The highest BCUT2D eigenvalue weighted by atomic mass is 16.5. The first-order chi connectivity index (χ1) is 7.90. The van der Waals surface area contributed by atoms with Crippen LogP contribution in [0.5, 0.6) is 5.75 Å². The largest absolute Gasteiger partial charge is 0.496 e. The van der Waals surface area contributed by atoms with Gasteiger partial charge in [-0.05, 0) is 50.3 Å². The summed E-state index contributed by atoms with van der Waals surface area (Å²) in [6.45, 7) is 5.93. The molecule has 92 valence electrons.